The predicted molar refractivity (Wildman–Crippen MR) is 112 cm³/mol. The van der Waals surface area contributed by atoms with Crippen LogP contribution in [-0.4, -0.2) is 48.3 Å². The highest BCUT2D eigenvalue weighted by Crippen LogP contribution is 2.39. The zero-order valence-corrected chi connectivity index (χ0v) is 16.9. The van der Waals surface area contributed by atoms with Crippen molar-refractivity contribution in [3.8, 4) is 0 Å². The van der Waals surface area contributed by atoms with Gasteiger partial charge < -0.3 is 15.2 Å². The van der Waals surface area contributed by atoms with Gasteiger partial charge in [0, 0.05) is 42.5 Å². The molecule has 2 fully saturated rings. The van der Waals surface area contributed by atoms with Crippen molar-refractivity contribution in [2.24, 2.45) is 0 Å². The number of carbonyl (C=O) groups is 1. The number of benzene rings is 1. The molecule has 1 aromatic heterocycles. The summed E-state index contributed by atoms with van der Waals surface area (Å²) in [6.07, 6.45) is 5.25. The van der Waals surface area contributed by atoms with E-state index in [0.717, 1.165) is 48.7 Å². The van der Waals surface area contributed by atoms with E-state index in [4.69, 9.17) is 9.84 Å². The summed E-state index contributed by atoms with van der Waals surface area (Å²) in [6.45, 7) is 3.01. The molecule has 1 amide bonds. The molecular formula is C22H28N2O3S. The summed E-state index contributed by atoms with van der Waals surface area (Å²) in [6, 6.07) is 12.8. The number of hydrogen-bond donors (Lipinski definition) is 2. The van der Waals surface area contributed by atoms with Crippen LogP contribution >= 0.6 is 11.3 Å². The van der Waals surface area contributed by atoms with Crippen molar-refractivity contribution in [2.75, 3.05) is 31.7 Å². The van der Waals surface area contributed by atoms with Gasteiger partial charge in [0.1, 0.15) is 0 Å². The van der Waals surface area contributed by atoms with E-state index in [1.165, 1.54) is 17.7 Å². The number of carbonyl (C=O) groups excluding carboxylic acids is 1. The summed E-state index contributed by atoms with van der Waals surface area (Å²) in [5.41, 5.74) is 1.85. The van der Waals surface area contributed by atoms with Crippen molar-refractivity contribution in [3.63, 3.8) is 0 Å². The molecule has 0 radical (unpaired) electrons. The summed E-state index contributed by atoms with van der Waals surface area (Å²) in [5.74, 6) is -0.0539. The minimum absolute atomic E-state index is 0.0539. The monoisotopic (exact) mass is 400 g/mol. The van der Waals surface area contributed by atoms with Gasteiger partial charge in [-0.05, 0) is 68.5 Å². The molecule has 1 atom stereocenters. The predicted octanol–water partition coefficient (Wildman–Crippen LogP) is 3.85. The second-order valence-electron chi connectivity index (χ2n) is 7.57. The molecule has 2 aromatic rings. The van der Waals surface area contributed by atoms with Crippen LogP contribution in [0.15, 0.2) is 36.4 Å². The maximum absolute atomic E-state index is 12.7. The van der Waals surface area contributed by atoms with E-state index in [1.54, 1.807) is 11.3 Å². The van der Waals surface area contributed by atoms with E-state index >= 15 is 0 Å². The van der Waals surface area contributed by atoms with Crippen molar-refractivity contribution >= 4 is 22.9 Å². The van der Waals surface area contributed by atoms with Gasteiger partial charge in [-0.3, -0.25) is 9.69 Å². The fraction of sp³-hybridized carbons (Fsp3) is 0.500. The zero-order chi connectivity index (χ0) is 19.3. The number of aliphatic hydroxyl groups excluding tert-OH is 1. The lowest BCUT2D eigenvalue weighted by molar-refractivity contribution is 0.0295. The largest absolute Gasteiger partial charge is 0.396 e. The molecule has 0 saturated carbocycles. The summed E-state index contributed by atoms with van der Waals surface area (Å²) in [5, 5.41) is 12.0. The molecule has 0 aliphatic carbocycles. The molecular weight excluding hydrogens is 372 g/mol. The lowest BCUT2D eigenvalue weighted by Gasteiger charge is -2.35. The lowest BCUT2D eigenvalue weighted by Crippen LogP contribution is -2.38. The molecule has 0 spiro atoms. The Morgan fingerprint density at radius 1 is 1.14 bits per heavy atom. The number of ether oxygens (including phenoxy) is 1. The molecule has 4 rings (SSSR count). The molecule has 5 nitrogen and oxygen atoms in total. The number of nitrogens with one attached hydrogen (secondary N) is 1. The third kappa shape index (κ3) is 4.46. The molecule has 1 aromatic carbocycles. The van der Waals surface area contributed by atoms with Crippen LogP contribution in [0.2, 0.25) is 0 Å². The first-order valence-electron chi connectivity index (χ1n) is 10.2. The number of rotatable bonds is 6. The van der Waals surface area contributed by atoms with E-state index in [0.29, 0.717) is 18.5 Å². The molecule has 3 heterocycles. The van der Waals surface area contributed by atoms with E-state index in [9.17, 15) is 4.79 Å². The average molecular weight is 401 g/mol. The third-order valence-corrected chi connectivity index (χ3v) is 6.93. The van der Waals surface area contributed by atoms with Crippen LogP contribution in [0.25, 0.3) is 0 Å². The zero-order valence-electron chi connectivity index (χ0n) is 16.1. The van der Waals surface area contributed by atoms with Gasteiger partial charge in [-0.2, -0.15) is 0 Å². The standard InChI is InChI=1S/C22H28N2O3S/c25-13-9-16-3-5-17(6-4-16)23-22(26)21-8-7-20(28-21)19-2-1-12-24(19)18-10-14-27-15-11-18/h3-8,18-19,25H,1-2,9-15H2,(H,23,26). The number of aliphatic hydroxyl groups is 1. The van der Waals surface area contributed by atoms with Crippen molar-refractivity contribution in [1.29, 1.82) is 0 Å². The van der Waals surface area contributed by atoms with Crippen molar-refractivity contribution < 1.29 is 14.6 Å². The summed E-state index contributed by atoms with van der Waals surface area (Å²) in [7, 11) is 0. The lowest BCUT2D eigenvalue weighted by atomic mass is 10.1. The molecule has 2 aliphatic rings. The molecule has 28 heavy (non-hydrogen) atoms. The molecule has 2 N–H and O–H groups in total. The van der Waals surface area contributed by atoms with Crippen molar-refractivity contribution in [3.05, 3.63) is 51.7 Å². The Morgan fingerprint density at radius 2 is 1.93 bits per heavy atom. The number of nitrogens with zero attached hydrogens (tertiary/aromatic N) is 1. The number of amides is 1. The normalized spacial score (nSPS) is 21.1. The average Bonchev–Trinajstić information content (AvgIpc) is 3.40. The summed E-state index contributed by atoms with van der Waals surface area (Å²) < 4.78 is 5.52. The van der Waals surface area contributed by atoms with Gasteiger partial charge in [-0.1, -0.05) is 12.1 Å². The fourth-order valence-electron chi connectivity index (χ4n) is 4.28. The summed E-state index contributed by atoms with van der Waals surface area (Å²) in [4.78, 5) is 17.4. The van der Waals surface area contributed by atoms with Gasteiger partial charge in [-0.15, -0.1) is 11.3 Å². The minimum Gasteiger partial charge on any atom is -0.396 e. The minimum atomic E-state index is -0.0539. The van der Waals surface area contributed by atoms with Crippen molar-refractivity contribution in [2.45, 2.75) is 44.2 Å². The molecule has 2 saturated heterocycles. The van der Waals surface area contributed by atoms with Crippen LogP contribution in [0.3, 0.4) is 0 Å². The number of thiophene rings is 1. The Morgan fingerprint density at radius 3 is 2.68 bits per heavy atom. The molecule has 6 heteroatoms. The smallest absolute Gasteiger partial charge is 0.265 e. The fourth-order valence-corrected chi connectivity index (χ4v) is 5.34. The van der Waals surface area contributed by atoms with E-state index < -0.39 is 0 Å². The second-order valence-corrected chi connectivity index (χ2v) is 8.68. The van der Waals surface area contributed by atoms with Crippen LogP contribution in [0.1, 0.15) is 51.8 Å². The molecule has 150 valence electrons. The highest BCUT2D eigenvalue weighted by Gasteiger charge is 2.33. The first-order valence-corrected chi connectivity index (χ1v) is 11.0. The van der Waals surface area contributed by atoms with Gasteiger partial charge in [0.15, 0.2) is 0 Å². The number of hydrogen-bond acceptors (Lipinski definition) is 5. The molecule has 2 aliphatic heterocycles. The van der Waals surface area contributed by atoms with Gasteiger partial charge in [-0.25, -0.2) is 0 Å². The summed E-state index contributed by atoms with van der Waals surface area (Å²) >= 11 is 1.62. The first-order chi connectivity index (χ1) is 13.7. The van der Waals surface area contributed by atoms with E-state index in [-0.39, 0.29) is 12.5 Å². The highest BCUT2D eigenvalue weighted by molar-refractivity contribution is 7.14. The van der Waals surface area contributed by atoms with Gasteiger partial charge in [0.05, 0.1) is 4.88 Å². The Balaban J connectivity index is 1.41. The van der Waals surface area contributed by atoms with Crippen LogP contribution in [-0.2, 0) is 11.2 Å². The molecule has 0 bridgehead atoms. The van der Waals surface area contributed by atoms with Crippen LogP contribution in [0, 0.1) is 0 Å². The topological polar surface area (TPSA) is 61.8 Å². The Labute approximate surface area is 170 Å². The van der Waals surface area contributed by atoms with Crippen LogP contribution in [0.4, 0.5) is 5.69 Å². The molecule has 1 unspecified atom stereocenters. The van der Waals surface area contributed by atoms with Gasteiger partial charge >= 0.3 is 0 Å². The van der Waals surface area contributed by atoms with Gasteiger partial charge in [0.2, 0.25) is 0 Å². The number of likely N-dealkylation sites (tertiary alicyclic amines) is 1. The van der Waals surface area contributed by atoms with Crippen LogP contribution in [0.5, 0.6) is 0 Å². The highest BCUT2D eigenvalue weighted by atomic mass is 32.1. The first kappa shape index (κ1) is 19.6. The number of anilines is 1. The third-order valence-electron chi connectivity index (χ3n) is 5.75. The Bertz CT molecular complexity index is 783. The Hall–Kier alpha value is -1.73. The second kappa shape index (κ2) is 9.18. The van der Waals surface area contributed by atoms with Crippen molar-refractivity contribution in [1.82, 2.24) is 4.90 Å². The SMILES string of the molecule is O=C(Nc1ccc(CCO)cc1)c1ccc(C2CCCN2C2CCOCC2)s1. The maximum atomic E-state index is 12.7. The van der Waals surface area contributed by atoms with E-state index in [1.807, 2.05) is 30.3 Å². The quantitative estimate of drug-likeness (QED) is 0.773. The Kier molecular flexibility index (Phi) is 6.42. The maximum Gasteiger partial charge on any atom is 0.265 e. The van der Waals surface area contributed by atoms with Gasteiger partial charge in [0.25, 0.3) is 5.91 Å². The van der Waals surface area contributed by atoms with E-state index in [2.05, 4.69) is 16.3 Å². The van der Waals surface area contributed by atoms with Crippen LogP contribution < -0.4 is 5.32 Å².